The lowest BCUT2D eigenvalue weighted by molar-refractivity contribution is -0.124. The number of hydrogen-bond donors (Lipinski definition) is 0. The average Bonchev–Trinajstić information content (AvgIpc) is 2.64. The quantitative estimate of drug-likeness (QED) is 0.846. The van der Waals surface area contributed by atoms with Gasteiger partial charge < -0.3 is 14.5 Å². The maximum Gasteiger partial charge on any atom is 0.254 e. The zero-order chi connectivity index (χ0) is 18.7. The maximum atomic E-state index is 13.1. The summed E-state index contributed by atoms with van der Waals surface area (Å²) in [6, 6.07) is 12.1. The molecule has 2 amide bonds. The van der Waals surface area contributed by atoms with E-state index in [-0.39, 0.29) is 11.8 Å². The molecule has 1 atom stereocenters. The molecular weight excluding hydrogens is 335 g/mol. The molecule has 3 rings (SSSR count). The van der Waals surface area contributed by atoms with Crippen LogP contribution in [0.15, 0.2) is 48.5 Å². The molecule has 0 aliphatic carbocycles. The third kappa shape index (κ3) is 3.54. The third-order valence-corrected chi connectivity index (χ3v) is 4.45. The molecule has 1 heterocycles. The topological polar surface area (TPSA) is 49.9 Å². The van der Waals surface area contributed by atoms with Crippen molar-refractivity contribution in [3.63, 3.8) is 0 Å². The van der Waals surface area contributed by atoms with Gasteiger partial charge >= 0.3 is 0 Å². The second kappa shape index (κ2) is 7.56. The lowest BCUT2D eigenvalue weighted by atomic mass is 10.1. The Balaban J connectivity index is 1.77. The summed E-state index contributed by atoms with van der Waals surface area (Å²) < 4.78 is 18.6. The van der Waals surface area contributed by atoms with Crippen molar-refractivity contribution in [2.45, 2.75) is 19.9 Å². The van der Waals surface area contributed by atoms with Crippen molar-refractivity contribution in [3.8, 4) is 5.75 Å². The molecule has 1 fully saturated rings. The van der Waals surface area contributed by atoms with Crippen LogP contribution in [0.2, 0.25) is 0 Å². The Kier molecular flexibility index (Phi) is 5.21. The third-order valence-electron chi connectivity index (χ3n) is 4.45. The van der Waals surface area contributed by atoms with Crippen LogP contribution in [0.4, 0.5) is 10.1 Å². The SMILES string of the molecule is CCOc1cccc(N2CCN(C(=O)c3ccc(F)cc3)[C@H](C)C2=O)c1. The summed E-state index contributed by atoms with van der Waals surface area (Å²) >= 11 is 0. The first-order valence-corrected chi connectivity index (χ1v) is 8.62. The molecule has 2 aromatic rings. The van der Waals surface area contributed by atoms with E-state index in [0.29, 0.717) is 31.0 Å². The Hall–Kier alpha value is -2.89. The summed E-state index contributed by atoms with van der Waals surface area (Å²) in [4.78, 5) is 28.7. The molecular formula is C20H21FN2O3. The van der Waals surface area contributed by atoms with Crippen LogP contribution in [0, 0.1) is 5.82 Å². The van der Waals surface area contributed by atoms with Crippen molar-refractivity contribution in [1.82, 2.24) is 4.90 Å². The van der Waals surface area contributed by atoms with E-state index in [1.54, 1.807) is 11.8 Å². The second-order valence-corrected chi connectivity index (χ2v) is 6.10. The van der Waals surface area contributed by atoms with E-state index in [4.69, 9.17) is 4.74 Å². The number of benzene rings is 2. The highest BCUT2D eigenvalue weighted by molar-refractivity contribution is 6.03. The Morgan fingerprint density at radius 1 is 1.19 bits per heavy atom. The maximum absolute atomic E-state index is 13.1. The van der Waals surface area contributed by atoms with Gasteiger partial charge in [0.25, 0.3) is 5.91 Å². The molecule has 0 unspecified atom stereocenters. The van der Waals surface area contributed by atoms with Gasteiger partial charge in [0, 0.05) is 30.4 Å². The molecule has 0 radical (unpaired) electrons. The molecule has 136 valence electrons. The van der Waals surface area contributed by atoms with E-state index in [2.05, 4.69) is 0 Å². The molecule has 2 aromatic carbocycles. The van der Waals surface area contributed by atoms with E-state index in [0.717, 1.165) is 5.69 Å². The minimum atomic E-state index is -0.600. The molecule has 0 N–H and O–H groups in total. The lowest BCUT2D eigenvalue weighted by Crippen LogP contribution is -2.57. The fourth-order valence-electron chi connectivity index (χ4n) is 3.07. The highest BCUT2D eigenvalue weighted by Crippen LogP contribution is 2.25. The summed E-state index contributed by atoms with van der Waals surface area (Å²) in [6.45, 7) is 4.96. The highest BCUT2D eigenvalue weighted by Gasteiger charge is 2.35. The largest absolute Gasteiger partial charge is 0.494 e. The van der Waals surface area contributed by atoms with Gasteiger partial charge in [0.15, 0.2) is 0 Å². The minimum Gasteiger partial charge on any atom is -0.494 e. The molecule has 6 heteroatoms. The van der Waals surface area contributed by atoms with Crippen LogP contribution in [0.25, 0.3) is 0 Å². The average molecular weight is 356 g/mol. The fraction of sp³-hybridized carbons (Fsp3) is 0.300. The molecule has 1 aliphatic heterocycles. The number of hydrogen-bond acceptors (Lipinski definition) is 3. The van der Waals surface area contributed by atoms with Gasteiger partial charge in [-0.05, 0) is 50.2 Å². The van der Waals surface area contributed by atoms with Crippen molar-refractivity contribution in [3.05, 3.63) is 59.9 Å². The van der Waals surface area contributed by atoms with Crippen LogP contribution < -0.4 is 9.64 Å². The molecule has 0 bridgehead atoms. The van der Waals surface area contributed by atoms with Crippen LogP contribution in [-0.2, 0) is 4.79 Å². The molecule has 1 saturated heterocycles. The Morgan fingerprint density at radius 2 is 1.92 bits per heavy atom. The molecule has 0 spiro atoms. The van der Waals surface area contributed by atoms with Gasteiger partial charge in [-0.1, -0.05) is 6.07 Å². The summed E-state index contributed by atoms with van der Waals surface area (Å²) in [5.74, 6) is -0.117. The first-order valence-electron chi connectivity index (χ1n) is 8.62. The number of carbonyl (C=O) groups is 2. The van der Waals surface area contributed by atoms with E-state index in [9.17, 15) is 14.0 Å². The van der Waals surface area contributed by atoms with Gasteiger partial charge in [-0.15, -0.1) is 0 Å². The van der Waals surface area contributed by atoms with Crippen LogP contribution in [-0.4, -0.2) is 42.5 Å². The van der Waals surface area contributed by atoms with E-state index in [1.165, 1.54) is 29.2 Å². The van der Waals surface area contributed by atoms with Crippen molar-refractivity contribution < 1.29 is 18.7 Å². The molecule has 0 aromatic heterocycles. The van der Waals surface area contributed by atoms with Crippen LogP contribution >= 0.6 is 0 Å². The normalized spacial score (nSPS) is 17.3. The van der Waals surface area contributed by atoms with E-state index in [1.807, 2.05) is 31.2 Å². The summed E-state index contributed by atoms with van der Waals surface area (Å²) in [5.41, 5.74) is 1.12. The van der Waals surface area contributed by atoms with Gasteiger partial charge in [-0.3, -0.25) is 9.59 Å². The molecule has 26 heavy (non-hydrogen) atoms. The number of halogens is 1. The van der Waals surface area contributed by atoms with Crippen LogP contribution in [0.1, 0.15) is 24.2 Å². The number of rotatable bonds is 4. The molecule has 1 aliphatic rings. The number of piperazine rings is 1. The molecule has 5 nitrogen and oxygen atoms in total. The lowest BCUT2D eigenvalue weighted by Gasteiger charge is -2.39. The number of amides is 2. The summed E-state index contributed by atoms with van der Waals surface area (Å²) in [5, 5.41) is 0. The van der Waals surface area contributed by atoms with Gasteiger partial charge in [0.2, 0.25) is 5.91 Å². The van der Waals surface area contributed by atoms with Gasteiger partial charge in [-0.25, -0.2) is 4.39 Å². The smallest absolute Gasteiger partial charge is 0.254 e. The summed E-state index contributed by atoms with van der Waals surface area (Å²) in [6.07, 6.45) is 0. The van der Waals surface area contributed by atoms with E-state index < -0.39 is 11.9 Å². The number of carbonyl (C=O) groups excluding carboxylic acids is 2. The van der Waals surface area contributed by atoms with Crippen molar-refractivity contribution >= 4 is 17.5 Å². The van der Waals surface area contributed by atoms with Crippen molar-refractivity contribution in [1.29, 1.82) is 0 Å². The summed E-state index contributed by atoms with van der Waals surface area (Å²) in [7, 11) is 0. The standard InChI is InChI=1S/C20H21FN2O3/c1-3-26-18-6-4-5-17(13-18)23-12-11-22(14(2)19(23)24)20(25)15-7-9-16(21)10-8-15/h4-10,13-14H,3,11-12H2,1-2H3/t14-/m1/s1. The second-order valence-electron chi connectivity index (χ2n) is 6.10. The zero-order valence-electron chi connectivity index (χ0n) is 14.8. The van der Waals surface area contributed by atoms with E-state index >= 15 is 0 Å². The van der Waals surface area contributed by atoms with Crippen molar-refractivity contribution in [2.75, 3.05) is 24.6 Å². The number of anilines is 1. The Morgan fingerprint density at radius 3 is 2.62 bits per heavy atom. The van der Waals surface area contributed by atoms with Gasteiger partial charge in [0.1, 0.15) is 17.6 Å². The van der Waals surface area contributed by atoms with Crippen LogP contribution in [0.5, 0.6) is 5.75 Å². The predicted octanol–water partition coefficient (Wildman–Crippen LogP) is 3.10. The van der Waals surface area contributed by atoms with Gasteiger partial charge in [0.05, 0.1) is 6.61 Å². The minimum absolute atomic E-state index is 0.152. The highest BCUT2D eigenvalue weighted by atomic mass is 19.1. The number of nitrogens with zero attached hydrogens (tertiary/aromatic N) is 2. The zero-order valence-corrected chi connectivity index (χ0v) is 14.8. The Bertz CT molecular complexity index is 807. The first-order chi connectivity index (χ1) is 12.5. The monoisotopic (exact) mass is 356 g/mol. The van der Waals surface area contributed by atoms with Crippen LogP contribution in [0.3, 0.4) is 0 Å². The number of ether oxygens (including phenoxy) is 1. The Labute approximate surface area is 152 Å². The fourth-order valence-corrected chi connectivity index (χ4v) is 3.07. The predicted molar refractivity (Wildman–Crippen MR) is 96.9 cm³/mol. The first kappa shape index (κ1) is 17.9. The molecule has 0 saturated carbocycles. The van der Waals surface area contributed by atoms with Gasteiger partial charge in [-0.2, -0.15) is 0 Å². The van der Waals surface area contributed by atoms with Crippen molar-refractivity contribution in [2.24, 2.45) is 0 Å².